The van der Waals surface area contributed by atoms with Crippen LogP contribution >= 0.6 is 0 Å². The van der Waals surface area contributed by atoms with Crippen molar-refractivity contribution >= 4 is 17.8 Å². The van der Waals surface area contributed by atoms with Gasteiger partial charge in [-0.2, -0.15) is 5.26 Å². The number of carbonyl (C=O) groups excluding carboxylic acids is 1. The van der Waals surface area contributed by atoms with Crippen molar-refractivity contribution in [3.05, 3.63) is 64.2 Å². The van der Waals surface area contributed by atoms with Crippen molar-refractivity contribution in [2.75, 3.05) is 6.54 Å². The van der Waals surface area contributed by atoms with E-state index in [2.05, 4.69) is 22.0 Å². The topological polar surface area (TPSA) is 56.5 Å². The van der Waals surface area contributed by atoms with Gasteiger partial charge in [0.2, 0.25) is 0 Å². The van der Waals surface area contributed by atoms with Crippen LogP contribution in [0.5, 0.6) is 0 Å². The summed E-state index contributed by atoms with van der Waals surface area (Å²) in [6.07, 6.45) is 5.74. The Kier molecular flexibility index (Phi) is 3.43. The smallest absolute Gasteiger partial charge is 0.254 e. The molecule has 1 aliphatic carbocycles. The van der Waals surface area contributed by atoms with Crippen molar-refractivity contribution in [2.45, 2.75) is 37.6 Å². The zero-order valence-corrected chi connectivity index (χ0v) is 14.5. The van der Waals surface area contributed by atoms with Gasteiger partial charge in [-0.1, -0.05) is 12.1 Å². The Hall–Kier alpha value is -2.93. The standard InChI is InChI=1S/C22H19N3O/c23-13-14-3-4-16-12-21-18(19(16)10-14)2-1-9-25(21)22(26)17-6-5-15-7-8-24-20(15)11-17/h3-6,8,10-11,18,21H,1-2,7,9,12H2/t18-,21+/m0/s1. The molecular formula is C22H19N3O. The number of aliphatic imine (C=N–C) groups is 1. The molecule has 128 valence electrons. The van der Waals surface area contributed by atoms with Gasteiger partial charge in [0.25, 0.3) is 5.91 Å². The normalized spacial score (nSPS) is 22.5. The Morgan fingerprint density at radius 1 is 1.19 bits per heavy atom. The maximum atomic E-state index is 13.2. The van der Waals surface area contributed by atoms with Gasteiger partial charge < -0.3 is 4.90 Å². The third-order valence-corrected chi connectivity index (χ3v) is 6.02. The number of piperidine rings is 1. The third-order valence-electron chi connectivity index (χ3n) is 6.02. The largest absolute Gasteiger partial charge is 0.335 e. The Morgan fingerprint density at radius 2 is 2.08 bits per heavy atom. The van der Waals surface area contributed by atoms with Crippen LogP contribution in [-0.2, 0) is 12.8 Å². The minimum absolute atomic E-state index is 0.109. The fourth-order valence-corrected chi connectivity index (χ4v) is 4.74. The van der Waals surface area contributed by atoms with E-state index in [9.17, 15) is 10.1 Å². The van der Waals surface area contributed by atoms with Crippen LogP contribution < -0.4 is 0 Å². The van der Waals surface area contributed by atoms with Gasteiger partial charge in [0.1, 0.15) is 0 Å². The maximum absolute atomic E-state index is 13.2. The molecule has 0 spiro atoms. The summed E-state index contributed by atoms with van der Waals surface area (Å²) in [4.78, 5) is 19.7. The number of rotatable bonds is 1. The molecular weight excluding hydrogens is 322 g/mol. The molecule has 1 saturated heterocycles. The van der Waals surface area contributed by atoms with E-state index >= 15 is 0 Å². The molecule has 0 radical (unpaired) electrons. The van der Waals surface area contributed by atoms with E-state index < -0.39 is 0 Å². The number of benzene rings is 2. The van der Waals surface area contributed by atoms with Crippen molar-refractivity contribution in [1.82, 2.24) is 4.90 Å². The summed E-state index contributed by atoms with van der Waals surface area (Å²) < 4.78 is 0. The fourth-order valence-electron chi connectivity index (χ4n) is 4.74. The molecule has 4 heteroatoms. The highest BCUT2D eigenvalue weighted by Crippen LogP contribution is 2.43. The quantitative estimate of drug-likeness (QED) is 0.793. The van der Waals surface area contributed by atoms with Crippen LogP contribution in [0.25, 0.3) is 0 Å². The van der Waals surface area contributed by atoms with Crippen molar-refractivity contribution in [3.8, 4) is 6.07 Å². The predicted molar refractivity (Wildman–Crippen MR) is 100.0 cm³/mol. The molecule has 1 amide bonds. The van der Waals surface area contributed by atoms with E-state index in [1.165, 1.54) is 16.7 Å². The Bertz CT molecular complexity index is 985. The van der Waals surface area contributed by atoms with E-state index in [0.717, 1.165) is 43.5 Å². The Balaban J connectivity index is 1.46. The minimum Gasteiger partial charge on any atom is -0.335 e. The summed E-state index contributed by atoms with van der Waals surface area (Å²) in [7, 11) is 0. The van der Waals surface area contributed by atoms with Gasteiger partial charge in [-0.15, -0.1) is 0 Å². The molecule has 0 bridgehead atoms. The number of fused-ring (bicyclic) bond motifs is 4. The fraction of sp³-hybridized carbons (Fsp3) is 0.318. The monoisotopic (exact) mass is 341 g/mol. The van der Waals surface area contributed by atoms with Crippen LogP contribution in [0.4, 0.5) is 5.69 Å². The number of nitriles is 1. The van der Waals surface area contributed by atoms with E-state index in [-0.39, 0.29) is 11.9 Å². The molecule has 2 aromatic rings. The molecule has 5 rings (SSSR count). The van der Waals surface area contributed by atoms with Gasteiger partial charge in [0, 0.05) is 36.7 Å². The number of hydrogen-bond donors (Lipinski definition) is 0. The number of amides is 1. The molecule has 2 aromatic carbocycles. The lowest BCUT2D eigenvalue weighted by Gasteiger charge is -2.38. The van der Waals surface area contributed by atoms with Gasteiger partial charge in [0.05, 0.1) is 17.3 Å². The van der Waals surface area contributed by atoms with Crippen LogP contribution in [0.3, 0.4) is 0 Å². The summed E-state index contributed by atoms with van der Waals surface area (Å²) in [6, 6.07) is 14.3. The lowest BCUT2D eigenvalue weighted by Crippen LogP contribution is -2.46. The van der Waals surface area contributed by atoms with Gasteiger partial charge in [-0.05, 0) is 60.2 Å². The van der Waals surface area contributed by atoms with E-state index in [1.807, 2.05) is 36.5 Å². The SMILES string of the molecule is N#Cc1ccc2c(c1)[C@@H]1CCCN(C(=O)c3ccc4c(c3)N=CC4)[C@@H]1C2. The molecule has 0 aromatic heterocycles. The Labute approximate surface area is 152 Å². The lowest BCUT2D eigenvalue weighted by atomic mass is 9.87. The number of nitrogens with zero attached hydrogens (tertiary/aromatic N) is 3. The van der Waals surface area contributed by atoms with Crippen molar-refractivity contribution in [2.24, 2.45) is 4.99 Å². The summed E-state index contributed by atoms with van der Waals surface area (Å²) in [5.74, 6) is 0.460. The molecule has 4 nitrogen and oxygen atoms in total. The summed E-state index contributed by atoms with van der Waals surface area (Å²) in [6.45, 7) is 0.805. The predicted octanol–water partition coefficient (Wildman–Crippen LogP) is 3.76. The van der Waals surface area contributed by atoms with Gasteiger partial charge in [-0.3, -0.25) is 9.79 Å². The maximum Gasteiger partial charge on any atom is 0.254 e. The van der Waals surface area contributed by atoms with Crippen molar-refractivity contribution < 1.29 is 4.79 Å². The van der Waals surface area contributed by atoms with Crippen molar-refractivity contribution in [1.29, 1.82) is 5.26 Å². The zero-order chi connectivity index (χ0) is 17.7. The summed E-state index contributed by atoms with van der Waals surface area (Å²) >= 11 is 0. The van der Waals surface area contributed by atoms with Gasteiger partial charge >= 0.3 is 0 Å². The van der Waals surface area contributed by atoms with Gasteiger partial charge in [0.15, 0.2) is 0 Å². The first-order valence-corrected chi connectivity index (χ1v) is 9.24. The van der Waals surface area contributed by atoms with Gasteiger partial charge in [-0.25, -0.2) is 0 Å². The van der Waals surface area contributed by atoms with Crippen molar-refractivity contribution in [3.63, 3.8) is 0 Å². The highest BCUT2D eigenvalue weighted by molar-refractivity contribution is 5.96. The van der Waals surface area contributed by atoms with E-state index in [4.69, 9.17) is 0 Å². The van der Waals surface area contributed by atoms with E-state index in [1.54, 1.807) is 0 Å². The molecule has 0 unspecified atom stereocenters. The van der Waals surface area contributed by atoms with Crippen LogP contribution in [-0.4, -0.2) is 29.6 Å². The molecule has 0 N–H and O–H groups in total. The lowest BCUT2D eigenvalue weighted by molar-refractivity contribution is 0.0595. The average molecular weight is 341 g/mol. The average Bonchev–Trinajstić information content (AvgIpc) is 3.30. The molecule has 2 aliphatic heterocycles. The third kappa shape index (κ3) is 2.28. The van der Waals surface area contributed by atoms with Crippen LogP contribution in [0.2, 0.25) is 0 Å². The van der Waals surface area contributed by atoms with Crippen LogP contribution in [0.15, 0.2) is 41.4 Å². The molecule has 0 saturated carbocycles. The number of carbonyl (C=O) groups is 1. The highest BCUT2D eigenvalue weighted by Gasteiger charge is 2.41. The minimum atomic E-state index is 0.109. The molecule has 1 fully saturated rings. The second kappa shape index (κ2) is 5.81. The first kappa shape index (κ1) is 15.3. The number of likely N-dealkylation sites (tertiary alicyclic amines) is 1. The van der Waals surface area contributed by atoms with Crippen LogP contribution in [0.1, 0.15) is 51.4 Å². The molecule has 26 heavy (non-hydrogen) atoms. The molecule has 2 atom stereocenters. The number of hydrogen-bond acceptors (Lipinski definition) is 3. The second-order valence-electron chi connectivity index (χ2n) is 7.40. The Morgan fingerprint density at radius 3 is 2.96 bits per heavy atom. The highest BCUT2D eigenvalue weighted by atomic mass is 16.2. The second-order valence-corrected chi connectivity index (χ2v) is 7.40. The summed E-state index contributed by atoms with van der Waals surface area (Å²) in [5, 5.41) is 9.20. The van der Waals surface area contributed by atoms with Crippen LogP contribution in [0, 0.1) is 11.3 Å². The molecule has 3 aliphatic rings. The van der Waals surface area contributed by atoms with E-state index in [0.29, 0.717) is 11.5 Å². The summed E-state index contributed by atoms with van der Waals surface area (Å²) in [5.41, 5.74) is 6.12. The first-order valence-electron chi connectivity index (χ1n) is 9.24. The molecule has 2 heterocycles. The first-order chi connectivity index (χ1) is 12.7. The zero-order valence-electron chi connectivity index (χ0n) is 14.5.